The van der Waals surface area contributed by atoms with Gasteiger partial charge in [-0.2, -0.15) is 13.2 Å². The van der Waals surface area contributed by atoms with Gasteiger partial charge in [0.25, 0.3) is 0 Å². The maximum Gasteiger partial charge on any atom is 0.412 e. The number of rotatable bonds is 2. The molecule has 0 bridgehead atoms. The Labute approximate surface area is 64.4 Å². The second-order valence-corrected chi connectivity index (χ2v) is 2.41. The summed E-state index contributed by atoms with van der Waals surface area (Å²) in [6.45, 7) is 6.31. The number of allylic oxidation sites excluding steroid dienone is 3. The van der Waals surface area contributed by atoms with Crippen LogP contribution in [-0.4, -0.2) is 6.18 Å². The summed E-state index contributed by atoms with van der Waals surface area (Å²) in [7, 11) is 0. The fourth-order valence-electron chi connectivity index (χ4n) is 0.539. The van der Waals surface area contributed by atoms with Crippen molar-refractivity contribution in [2.75, 3.05) is 0 Å². The zero-order chi connectivity index (χ0) is 9.07. The van der Waals surface area contributed by atoms with Gasteiger partial charge in [-0.1, -0.05) is 18.2 Å². The minimum Gasteiger partial charge on any atom is -0.166 e. The summed E-state index contributed by atoms with van der Waals surface area (Å²) in [5.41, 5.74) is 0.000394. The van der Waals surface area contributed by atoms with Crippen LogP contribution in [0.3, 0.4) is 0 Å². The van der Waals surface area contributed by atoms with Crippen LogP contribution in [0.5, 0.6) is 0 Å². The van der Waals surface area contributed by atoms with Crippen molar-refractivity contribution < 1.29 is 13.2 Å². The zero-order valence-electron chi connectivity index (χ0n) is 6.63. The molecule has 0 saturated heterocycles. The maximum absolute atomic E-state index is 11.8. The van der Waals surface area contributed by atoms with Crippen molar-refractivity contribution in [1.29, 1.82) is 0 Å². The predicted octanol–water partition coefficient (Wildman–Crippen LogP) is 3.46. The Morgan fingerprint density at radius 2 is 1.91 bits per heavy atom. The maximum atomic E-state index is 11.8. The SMILES string of the molecule is C=C(C/C(C)=C/C)C(F)(F)F. The van der Waals surface area contributed by atoms with Crippen LogP contribution in [0, 0.1) is 0 Å². The molecular formula is C8H11F3. The van der Waals surface area contributed by atoms with Crippen LogP contribution in [-0.2, 0) is 0 Å². The second-order valence-electron chi connectivity index (χ2n) is 2.41. The van der Waals surface area contributed by atoms with Gasteiger partial charge in [-0.25, -0.2) is 0 Å². The fourth-order valence-corrected chi connectivity index (χ4v) is 0.539. The van der Waals surface area contributed by atoms with Crippen molar-refractivity contribution in [1.82, 2.24) is 0 Å². The largest absolute Gasteiger partial charge is 0.412 e. The van der Waals surface area contributed by atoms with Crippen LogP contribution in [0.1, 0.15) is 20.3 Å². The highest BCUT2D eigenvalue weighted by Crippen LogP contribution is 2.28. The Bertz CT molecular complexity index is 174. The van der Waals surface area contributed by atoms with E-state index in [9.17, 15) is 13.2 Å². The lowest BCUT2D eigenvalue weighted by atomic mass is 10.1. The highest BCUT2D eigenvalue weighted by Gasteiger charge is 2.31. The highest BCUT2D eigenvalue weighted by atomic mass is 19.4. The third-order valence-electron chi connectivity index (χ3n) is 1.39. The molecule has 0 aromatic heterocycles. The molecule has 0 atom stereocenters. The molecule has 0 spiro atoms. The number of hydrogen-bond donors (Lipinski definition) is 0. The average molecular weight is 164 g/mol. The summed E-state index contributed by atoms with van der Waals surface area (Å²) in [4.78, 5) is 0. The Morgan fingerprint density at radius 1 is 1.45 bits per heavy atom. The van der Waals surface area contributed by atoms with Gasteiger partial charge in [-0.15, -0.1) is 0 Å². The van der Waals surface area contributed by atoms with E-state index in [-0.39, 0.29) is 6.42 Å². The van der Waals surface area contributed by atoms with Crippen LogP contribution in [0.4, 0.5) is 13.2 Å². The van der Waals surface area contributed by atoms with E-state index in [4.69, 9.17) is 0 Å². The summed E-state index contributed by atoms with van der Waals surface area (Å²) in [6, 6.07) is 0. The van der Waals surface area contributed by atoms with Crippen LogP contribution in [0.25, 0.3) is 0 Å². The number of halogens is 3. The molecule has 0 aromatic rings. The van der Waals surface area contributed by atoms with E-state index in [1.807, 2.05) is 0 Å². The van der Waals surface area contributed by atoms with E-state index in [0.29, 0.717) is 5.57 Å². The van der Waals surface area contributed by atoms with Gasteiger partial charge in [0.15, 0.2) is 0 Å². The van der Waals surface area contributed by atoms with Crippen LogP contribution in [0.2, 0.25) is 0 Å². The fraction of sp³-hybridized carbons (Fsp3) is 0.500. The minimum absolute atomic E-state index is 0.0833. The molecule has 0 aromatic carbocycles. The molecule has 0 aliphatic rings. The third kappa shape index (κ3) is 3.86. The van der Waals surface area contributed by atoms with E-state index in [0.717, 1.165) is 0 Å². The standard InChI is InChI=1S/C8H11F3/c1-4-6(2)5-7(3)8(9,10)11/h4H,3,5H2,1-2H3/b6-4+. The van der Waals surface area contributed by atoms with Gasteiger partial charge in [-0.05, 0) is 20.3 Å². The minimum atomic E-state index is -4.25. The van der Waals surface area contributed by atoms with Crippen molar-refractivity contribution in [3.63, 3.8) is 0 Å². The average Bonchev–Trinajstić information content (AvgIpc) is 1.85. The second kappa shape index (κ2) is 3.60. The van der Waals surface area contributed by atoms with Crippen molar-refractivity contribution in [3.05, 3.63) is 23.8 Å². The molecule has 0 heterocycles. The first kappa shape index (κ1) is 10.3. The molecule has 11 heavy (non-hydrogen) atoms. The summed E-state index contributed by atoms with van der Waals surface area (Å²) < 4.78 is 35.5. The van der Waals surface area contributed by atoms with Gasteiger partial charge in [-0.3, -0.25) is 0 Å². The Morgan fingerprint density at radius 3 is 2.18 bits per heavy atom. The first-order chi connectivity index (χ1) is 4.88. The Balaban J connectivity index is 4.10. The lowest BCUT2D eigenvalue weighted by Crippen LogP contribution is -2.10. The van der Waals surface area contributed by atoms with Crippen LogP contribution < -0.4 is 0 Å². The first-order valence-corrected chi connectivity index (χ1v) is 3.24. The van der Waals surface area contributed by atoms with E-state index >= 15 is 0 Å². The van der Waals surface area contributed by atoms with Gasteiger partial charge in [0.1, 0.15) is 0 Å². The summed E-state index contributed by atoms with van der Waals surface area (Å²) in [6.07, 6.45) is -2.68. The van der Waals surface area contributed by atoms with Gasteiger partial charge < -0.3 is 0 Å². The van der Waals surface area contributed by atoms with Crippen molar-refractivity contribution >= 4 is 0 Å². The van der Waals surface area contributed by atoms with E-state index < -0.39 is 11.7 Å². The molecule has 0 saturated carbocycles. The smallest absolute Gasteiger partial charge is 0.166 e. The molecule has 3 heteroatoms. The first-order valence-electron chi connectivity index (χ1n) is 3.24. The third-order valence-corrected chi connectivity index (χ3v) is 1.39. The lowest BCUT2D eigenvalue weighted by molar-refractivity contribution is -0.0927. The molecule has 0 aliphatic carbocycles. The molecule has 0 radical (unpaired) electrons. The highest BCUT2D eigenvalue weighted by molar-refractivity contribution is 5.13. The molecular weight excluding hydrogens is 153 g/mol. The summed E-state index contributed by atoms with van der Waals surface area (Å²) in [5.74, 6) is 0. The summed E-state index contributed by atoms with van der Waals surface area (Å²) >= 11 is 0. The molecule has 0 N–H and O–H groups in total. The van der Waals surface area contributed by atoms with E-state index in [1.54, 1.807) is 19.9 Å². The topological polar surface area (TPSA) is 0 Å². The normalized spacial score (nSPS) is 13.4. The van der Waals surface area contributed by atoms with Crippen LogP contribution >= 0.6 is 0 Å². The lowest BCUT2D eigenvalue weighted by Gasteiger charge is -2.09. The van der Waals surface area contributed by atoms with E-state index in [2.05, 4.69) is 6.58 Å². The molecule has 0 fully saturated rings. The van der Waals surface area contributed by atoms with Crippen LogP contribution in [0.15, 0.2) is 23.8 Å². The molecule has 64 valence electrons. The van der Waals surface area contributed by atoms with Gasteiger partial charge in [0.05, 0.1) is 0 Å². The Hall–Kier alpha value is -0.730. The quantitative estimate of drug-likeness (QED) is 0.548. The molecule has 0 aliphatic heterocycles. The van der Waals surface area contributed by atoms with Crippen molar-refractivity contribution in [3.8, 4) is 0 Å². The predicted molar refractivity (Wildman–Crippen MR) is 39.2 cm³/mol. The molecule has 0 rings (SSSR count). The monoisotopic (exact) mass is 164 g/mol. The van der Waals surface area contributed by atoms with Gasteiger partial charge in [0.2, 0.25) is 0 Å². The number of alkyl halides is 3. The summed E-state index contributed by atoms with van der Waals surface area (Å²) in [5, 5.41) is 0. The van der Waals surface area contributed by atoms with Gasteiger partial charge in [0, 0.05) is 5.57 Å². The van der Waals surface area contributed by atoms with Crippen molar-refractivity contribution in [2.45, 2.75) is 26.4 Å². The molecule has 0 nitrogen and oxygen atoms in total. The Kier molecular flexibility index (Phi) is 3.36. The molecule has 0 unspecified atom stereocenters. The van der Waals surface area contributed by atoms with E-state index in [1.165, 1.54) is 0 Å². The van der Waals surface area contributed by atoms with Crippen molar-refractivity contribution in [2.24, 2.45) is 0 Å². The molecule has 0 amide bonds. The zero-order valence-corrected chi connectivity index (χ0v) is 6.63. The van der Waals surface area contributed by atoms with Gasteiger partial charge >= 0.3 is 6.18 Å². The number of hydrogen-bond acceptors (Lipinski definition) is 0.